The van der Waals surface area contributed by atoms with Crippen molar-refractivity contribution in [2.45, 2.75) is 25.2 Å². The van der Waals surface area contributed by atoms with E-state index in [0.29, 0.717) is 11.8 Å². The number of carbonyl (C=O) groups is 1. The van der Waals surface area contributed by atoms with Crippen molar-refractivity contribution >= 4 is 17.4 Å². The van der Waals surface area contributed by atoms with Crippen molar-refractivity contribution in [1.82, 2.24) is 20.4 Å². The molecule has 3 heterocycles. The average Bonchev–Trinajstić information content (AvgIpc) is 3.25. The summed E-state index contributed by atoms with van der Waals surface area (Å²) >= 11 is 0. The van der Waals surface area contributed by atoms with Crippen LogP contribution in [-0.4, -0.2) is 55.2 Å². The molecule has 6 rings (SSSR count). The molecule has 0 bridgehead atoms. The minimum Gasteiger partial charge on any atom is -0.372 e. The molecule has 33 heavy (non-hydrogen) atoms. The van der Waals surface area contributed by atoms with Crippen LogP contribution in [0.3, 0.4) is 0 Å². The first kappa shape index (κ1) is 20.5. The highest BCUT2D eigenvalue weighted by atomic mass is 16.2. The Labute approximate surface area is 197 Å². The smallest absolute Gasteiger partial charge is 0.320 e. The van der Waals surface area contributed by atoms with Gasteiger partial charge in [0.25, 0.3) is 0 Å². The topological polar surface area (TPSA) is 50.9 Å². The number of amides is 2. The van der Waals surface area contributed by atoms with Crippen molar-refractivity contribution in [3.05, 3.63) is 72.1 Å². The Kier molecular flexibility index (Phi) is 5.36. The van der Waals surface area contributed by atoms with E-state index >= 15 is 0 Å². The maximum atomic E-state index is 13.0. The van der Waals surface area contributed by atoms with Crippen LogP contribution in [0.15, 0.2) is 66.5 Å². The third kappa shape index (κ3) is 4.26. The van der Waals surface area contributed by atoms with Crippen molar-refractivity contribution in [2.75, 3.05) is 44.3 Å². The van der Waals surface area contributed by atoms with E-state index < -0.39 is 0 Å². The number of nitrogens with one attached hydrogen (secondary N) is 2. The molecule has 0 radical (unpaired) electrons. The standard InChI is InChI=1S/C27H33N5O.H2/c33-27(30-13-12-22(16-30)26-14-28-19-29-26)31-17-23(18-31)21-8-10-25(11-9-21)32(15-20-6-7-20)24-4-2-1-3-5-24;/h1-5,8-11,14,20,22-23,28-29H,6-7,12-13,15-19H2;1H/t22-;/m0./s1. The molecule has 2 amide bonds. The number of para-hydroxylation sites is 1. The zero-order valence-corrected chi connectivity index (χ0v) is 19.1. The molecule has 2 aromatic carbocycles. The number of hydrogen-bond donors (Lipinski definition) is 2. The fraction of sp³-hybridized carbons (Fsp3) is 0.444. The van der Waals surface area contributed by atoms with Gasteiger partial charge in [-0.25, -0.2) is 4.79 Å². The SMILES string of the molecule is O=C(N1CC(c2ccc(N(CC3CC3)c3ccccc3)cc2)C1)N1CC[C@H](C2=CNCN2)C1.[HH]. The lowest BCUT2D eigenvalue weighted by molar-refractivity contribution is 0.120. The molecule has 1 atom stereocenters. The summed E-state index contributed by atoms with van der Waals surface area (Å²) < 4.78 is 0. The summed E-state index contributed by atoms with van der Waals surface area (Å²) in [6, 6.07) is 20.0. The molecule has 0 unspecified atom stereocenters. The van der Waals surface area contributed by atoms with Gasteiger partial charge in [-0.1, -0.05) is 30.3 Å². The van der Waals surface area contributed by atoms with E-state index in [4.69, 9.17) is 0 Å². The second-order valence-electron chi connectivity index (χ2n) is 9.95. The van der Waals surface area contributed by atoms with Gasteiger partial charge in [-0.2, -0.15) is 0 Å². The Bertz CT molecular complexity index is 1020. The molecule has 3 fully saturated rings. The van der Waals surface area contributed by atoms with Crippen LogP contribution in [0.4, 0.5) is 16.2 Å². The Morgan fingerprint density at radius 3 is 2.33 bits per heavy atom. The summed E-state index contributed by atoms with van der Waals surface area (Å²) in [4.78, 5) is 19.5. The number of carbonyl (C=O) groups excluding carboxylic acids is 1. The van der Waals surface area contributed by atoms with Gasteiger partial charge in [0.05, 0.1) is 6.67 Å². The minimum absolute atomic E-state index is 0. The summed E-state index contributed by atoms with van der Waals surface area (Å²) in [5.74, 6) is 1.70. The molecular weight excluding hydrogens is 410 g/mol. The molecule has 1 aliphatic carbocycles. The Morgan fingerprint density at radius 2 is 1.64 bits per heavy atom. The Morgan fingerprint density at radius 1 is 0.909 bits per heavy atom. The lowest BCUT2D eigenvalue weighted by atomic mass is 9.91. The van der Waals surface area contributed by atoms with E-state index in [9.17, 15) is 4.79 Å². The molecule has 2 N–H and O–H groups in total. The first-order chi connectivity index (χ1) is 16.2. The normalized spacial score (nSPS) is 22.4. The van der Waals surface area contributed by atoms with Gasteiger partial charge in [-0.3, -0.25) is 0 Å². The molecule has 4 aliphatic rings. The van der Waals surface area contributed by atoms with E-state index in [0.717, 1.165) is 51.7 Å². The molecule has 0 aromatic heterocycles. The number of anilines is 2. The third-order valence-electron chi connectivity index (χ3n) is 7.58. The molecule has 1 saturated carbocycles. The van der Waals surface area contributed by atoms with E-state index in [1.807, 2.05) is 9.80 Å². The number of nitrogens with zero attached hydrogens (tertiary/aromatic N) is 3. The highest BCUT2D eigenvalue weighted by Crippen LogP contribution is 2.36. The van der Waals surface area contributed by atoms with Gasteiger partial charge < -0.3 is 25.3 Å². The van der Waals surface area contributed by atoms with Crippen LogP contribution in [-0.2, 0) is 0 Å². The average molecular weight is 446 g/mol. The van der Waals surface area contributed by atoms with Crippen LogP contribution in [0.1, 0.15) is 32.2 Å². The van der Waals surface area contributed by atoms with Gasteiger partial charge in [0.15, 0.2) is 0 Å². The fourth-order valence-electron chi connectivity index (χ4n) is 5.31. The molecule has 2 saturated heterocycles. The third-order valence-corrected chi connectivity index (χ3v) is 7.58. The maximum Gasteiger partial charge on any atom is 0.320 e. The number of benzene rings is 2. The summed E-state index contributed by atoms with van der Waals surface area (Å²) in [7, 11) is 0. The number of rotatable bonds is 6. The van der Waals surface area contributed by atoms with Crippen LogP contribution in [0.5, 0.6) is 0 Å². The quantitative estimate of drug-likeness (QED) is 0.696. The van der Waals surface area contributed by atoms with Gasteiger partial charge in [-0.15, -0.1) is 0 Å². The maximum absolute atomic E-state index is 13.0. The second-order valence-corrected chi connectivity index (χ2v) is 9.95. The number of hydrogen-bond acceptors (Lipinski definition) is 4. The van der Waals surface area contributed by atoms with E-state index in [1.165, 1.54) is 35.5 Å². The Hall–Kier alpha value is -3.15. The van der Waals surface area contributed by atoms with Crippen LogP contribution >= 0.6 is 0 Å². The zero-order valence-electron chi connectivity index (χ0n) is 19.1. The predicted octanol–water partition coefficient (Wildman–Crippen LogP) is 4.31. The second kappa shape index (κ2) is 8.65. The molecule has 2 aromatic rings. The molecule has 0 spiro atoms. The summed E-state index contributed by atoms with van der Waals surface area (Å²) in [5, 5.41) is 6.58. The van der Waals surface area contributed by atoms with Crippen LogP contribution in [0, 0.1) is 11.8 Å². The monoisotopic (exact) mass is 445 g/mol. The lowest BCUT2D eigenvalue weighted by Gasteiger charge is -2.41. The van der Waals surface area contributed by atoms with Crippen molar-refractivity contribution in [3.8, 4) is 0 Å². The molecular formula is C27H35N5O. The largest absolute Gasteiger partial charge is 0.372 e. The molecule has 6 nitrogen and oxygen atoms in total. The van der Waals surface area contributed by atoms with Crippen molar-refractivity contribution in [1.29, 1.82) is 0 Å². The van der Waals surface area contributed by atoms with E-state index in [1.54, 1.807) is 0 Å². The first-order valence-electron chi connectivity index (χ1n) is 12.4. The molecule has 3 aliphatic heterocycles. The fourth-order valence-corrected chi connectivity index (χ4v) is 5.31. The van der Waals surface area contributed by atoms with Crippen molar-refractivity contribution in [3.63, 3.8) is 0 Å². The Balaban J connectivity index is 0.00000241. The minimum atomic E-state index is 0. The van der Waals surface area contributed by atoms with Gasteiger partial charge in [-0.05, 0) is 55.0 Å². The first-order valence-corrected chi connectivity index (χ1v) is 12.4. The van der Waals surface area contributed by atoms with Crippen molar-refractivity contribution in [2.24, 2.45) is 11.8 Å². The van der Waals surface area contributed by atoms with Gasteiger partial charge >= 0.3 is 6.03 Å². The summed E-state index contributed by atoms with van der Waals surface area (Å²) in [5.41, 5.74) is 5.11. The van der Waals surface area contributed by atoms with Crippen LogP contribution in [0.2, 0.25) is 0 Å². The summed E-state index contributed by atoms with van der Waals surface area (Å²) in [6.07, 6.45) is 5.79. The molecule has 174 valence electrons. The van der Waals surface area contributed by atoms with Gasteiger partial charge in [0.2, 0.25) is 0 Å². The highest BCUT2D eigenvalue weighted by molar-refractivity contribution is 5.76. The van der Waals surface area contributed by atoms with Crippen molar-refractivity contribution < 1.29 is 6.22 Å². The number of likely N-dealkylation sites (tertiary alicyclic amines) is 2. The predicted molar refractivity (Wildman–Crippen MR) is 133 cm³/mol. The van der Waals surface area contributed by atoms with E-state index in [-0.39, 0.29) is 7.46 Å². The molecule has 6 heteroatoms. The van der Waals surface area contributed by atoms with Gasteiger partial charge in [0, 0.05) is 69.3 Å². The summed E-state index contributed by atoms with van der Waals surface area (Å²) in [6.45, 7) is 5.23. The zero-order chi connectivity index (χ0) is 22.2. The number of urea groups is 1. The highest BCUT2D eigenvalue weighted by Gasteiger charge is 2.37. The van der Waals surface area contributed by atoms with Crippen LogP contribution < -0.4 is 15.5 Å². The van der Waals surface area contributed by atoms with Crippen LogP contribution in [0.25, 0.3) is 0 Å². The van der Waals surface area contributed by atoms with E-state index in [2.05, 4.69) is 76.3 Å². The lowest BCUT2D eigenvalue weighted by Crippen LogP contribution is -2.53. The van der Waals surface area contributed by atoms with Gasteiger partial charge in [0.1, 0.15) is 0 Å².